The quantitative estimate of drug-likeness (QED) is 0.776. The number of hydrogen-bond donors (Lipinski definition) is 1. The monoisotopic (exact) mass is 358 g/mol. The van der Waals surface area contributed by atoms with E-state index >= 15 is 0 Å². The van der Waals surface area contributed by atoms with Crippen molar-refractivity contribution in [1.29, 1.82) is 0 Å². The highest BCUT2D eigenvalue weighted by atomic mass is 16.5. The van der Waals surface area contributed by atoms with E-state index in [2.05, 4.69) is 15.2 Å². The number of piperazine rings is 1. The van der Waals surface area contributed by atoms with Gasteiger partial charge < -0.3 is 24.3 Å². The Morgan fingerprint density at radius 2 is 2.04 bits per heavy atom. The lowest BCUT2D eigenvalue weighted by Gasteiger charge is -2.35. The Morgan fingerprint density at radius 3 is 2.65 bits per heavy atom. The van der Waals surface area contributed by atoms with Gasteiger partial charge >= 0.3 is 0 Å². The molecule has 1 saturated heterocycles. The molecule has 26 heavy (non-hydrogen) atoms. The highest BCUT2D eigenvalue weighted by Crippen LogP contribution is 2.17. The first-order valence-corrected chi connectivity index (χ1v) is 8.50. The summed E-state index contributed by atoms with van der Waals surface area (Å²) in [5.41, 5.74) is 1.31. The minimum Gasteiger partial charge on any atom is -0.459 e. The van der Waals surface area contributed by atoms with E-state index < -0.39 is 0 Å². The average molecular weight is 358 g/mol. The molecule has 1 N–H and O–H groups in total. The zero-order valence-electron chi connectivity index (χ0n) is 14.7. The Kier molecular flexibility index (Phi) is 5.85. The third-order valence-electron chi connectivity index (χ3n) is 4.24. The lowest BCUT2D eigenvalue weighted by Crippen LogP contribution is -2.48. The molecule has 3 heterocycles. The molecule has 1 aliphatic heterocycles. The van der Waals surface area contributed by atoms with Gasteiger partial charge in [-0.1, -0.05) is 0 Å². The smallest absolute Gasteiger partial charge is 0.289 e. The first-order valence-electron chi connectivity index (χ1n) is 8.50. The van der Waals surface area contributed by atoms with Gasteiger partial charge in [0, 0.05) is 39.8 Å². The summed E-state index contributed by atoms with van der Waals surface area (Å²) in [5.74, 6) is 0.0577. The third-order valence-corrected chi connectivity index (χ3v) is 4.24. The number of methoxy groups -OCH3 is 1. The maximum atomic E-state index is 12.3. The Labute approximate surface area is 151 Å². The number of anilines is 1. The van der Waals surface area contributed by atoms with E-state index in [1.165, 1.54) is 6.26 Å². The van der Waals surface area contributed by atoms with Crippen LogP contribution in [0, 0.1) is 0 Å². The van der Waals surface area contributed by atoms with E-state index in [1.807, 2.05) is 6.07 Å². The fraction of sp³-hybridized carbons (Fsp3) is 0.389. The van der Waals surface area contributed by atoms with E-state index in [9.17, 15) is 9.59 Å². The second-order valence-corrected chi connectivity index (χ2v) is 5.91. The zero-order valence-corrected chi connectivity index (χ0v) is 14.7. The normalized spacial score (nSPS) is 14.3. The molecule has 0 radical (unpaired) electrons. The van der Waals surface area contributed by atoms with Crippen LogP contribution in [-0.2, 0) is 4.74 Å². The molecule has 0 spiro atoms. The SMILES string of the molecule is COCCNC(=O)c1ccc(N2CCN(C(=O)c3ccco3)CC2)cn1. The van der Waals surface area contributed by atoms with Crippen LogP contribution in [0.2, 0.25) is 0 Å². The topological polar surface area (TPSA) is 87.9 Å². The number of amides is 2. The fourth-order valence-corrected chi connectivity index (χ4v) is 2.79. The second kappa shape index (κ2) is 8.48. The van der Waals surface area contributed by atoms with Gasteiger partial charge in [-0.25, -0.2) is 4.98 Å². The fourth-order valence-electron chi connectivity index (χ4n) is 2.79. The molecule has 2 aromatic heterocycles. The Bertz CT molecular complexity index is 722. The Hall–Kier alpha value is -2.87. The summed E-state index contributed by atoms with van der Waals surface area (Å²) in [5, 5.41) is 2.74. The first kappa shape index (κ1) is 17.9. The molecule has 3 rings (SSSR count). The van der Waals surface area contributed by atoms with E-state index in [4.69, 9.17) is 9.15 Å². The number of nitrogens with zero attached hydrogens (tertiary/aromatic N) is 3. The average Bonchev–Trinajstić information content (AvgIpc) is 3.23. The number of furan rings is 1. The number of pyridine rings is 1. The summed E-state index contributed by atoms with van der Waals surface area (Å²) < 4.78 is 10.1. The second-order valence-electron chi connectivity index (χ2n) is 5.91. The molecule has 0 unspecified atom stereocenters. The highest BCUT2D eigenvalue weighted by molar-refractivity contribution is 5.92. The van der Waals surface area contributed by atoms with Crippen LogP contribution in [0.5, 0.6) is 0 Å². The minimum absolute atomic E-state index is 0.0872. The zero-order chi connectivity index (χ0) is 18.4. The van der Waals surface area contributed by atoms with E-state index in [0.717, 1.165) is 5.69 Å². The summed E-state index contributed by atoms with van der Waals surface area (Å²) in [7, 11) is 1.58. The van der Waals surface area contributed by atoms with E-state index in [1.54, 1.807) is 36.4 Å². The summed E-state index contributed by atoms with van der Waals surface area (Å²) in [6.45, 7) is 3.54. The van der Waals surface area contributed by atoms with Crippen molar-refractivity contribution >= 4 is 17.5 Å². The van der Waals surface area contributed by atoms with Crippen LogP contribution in [0.4, 0.5) is 5.69 Å². The molecule has 0 atom stereocenters. The van der Waals surface area contributed by atoms with Crippen LogP contribution < -0.4 is 10.2 Å². The maximum Gasteiger partial charge on any atom is 0.289 e. The molecular weight excluding hydrogens is 336 g/mol. The molecule has 8 heteroatoms. The minimum atomic E-state index is -0.220. The number of carbonyl (C=O) groups is 2. The van der Waals surface area contributed by atoms with Crippen molar-refractivity contribution in [2.75, 3.05) is 51.3 Å². The first-order chi connectivity index (χ1) is 12.7. The predicted molar refractivity (Wildman–Crippen MR) is 95.3 cm³/mol. The van der Waals surface area contributed by atoms with Crippen molar-refractivity contribution in [3.63, 3.8) is 0 Å². The number of aromatic nitrogens is 1. The number of hydrogen-bond acceptors (Lipinski definition) is 6. The molecule has 1 aliphatic rings. The standard InChI is InChI=1S/C18H22N4O4/c1-25-12-6-19-17(23)15-5-4-14(13-20-15)21-7-9-22(10-8-21)18(24)16-3-2-11-26-16/h2-5,11,13H,6-10,12H2,1H3,(H,19,23). The summed E-state index contributed by atoms with van der Waals surface area (Å²) in [4.78, 5) is 32.4. The molecule has 2 amide bonds. The molecule has 1 fully saturated rings. The largest absolute Gasteiger partial charge is 0.459 e. The molecule has 0 aliphatic carbocycles. The number of ether oxygens (including phenoxy) is 1. The molecule has 0 aromatic carbocycles. The summed E-state index contributed by atoms with van der Waals surface area (Å²) in [6, 6.07) is 6.97. The number of nitrogens with one attached hydrogen (secondary N) is 1. The van der Waals surface area contributed by atoms with Crippen LogP contribution in [0.1, 0.15) is 21.0 Å². The molecule has 8 nitrogen and oxygen atoms in total. The van der Waals surface area contributed by atoms with Gasteiger partial charge in [-0.15, -0.1) is 0 Å². The van der Waals surface area contributed by atoms with Gasteiger partial charge in [0.2, 0.25) is 0 Å². The third kappa shape index (κ3) is 4.20. The van der Waals surface area contributed by atoms with Crippen molar-refractivity contribution in [1.82, 2.24) is 15.2 Å². The number of carbonyl (C=O) groups excluding carboxylic acids is 2. The Balaban J connectivity index is 1.53. The molecule has 2 aromatic rings. The van der Waals surface area contributed by atoms with Crippen LogP contribution in [0.25, 0.3) is 0 Å². The summed E-state index contributed by atoms with van der Waals surface area (Å²) in [6.07, 6.45) is 3.19. The van der Waals surface area contributed by atoms with E-state index in [-0.39, 0.29) is 11.8 Å². The van der Waals surface area contributed by atoms with Gasteiger partial charge in [0.15, 0.2) is 5.76 Å². The van der Waals surface area contributed by atoms with Crippen molar-refractivity contribution in [3.05, 3.63) is 48.2 Å². The van der Waals surface area contributed by atoms with Gasteiger partial charge in [-0.2, -0.15) is 0 Å². The molecule has 0 saturated carbocycles. The molecule has 0 bridgehead atoms. The van der Waals surface area contributed by atoms with E-state index in [0.29, 0.717) is 50.8 Å². The van der Waals surface area contributed by atoms with Gasteiger partial charge in [0.1, 0.15) is 5.69 Å². The van der Waals surface area contributed by atoms with Crippen LogP contribution >= 0.6 is 0 Å². The van der Waals surface area contributed by atoms with Gasteiger partial charge in [-0.3, -0.25) is 9.59 Å². The van der Waals surface area contributed by atoms with Crippen LogP contribution in [0.3, 0.4) is 0 Å². The molecule has 138 valence electrons. The van der Waals surface area contributed by atoms with Crippen molar-refractivity contribution in [2.24, 2.45) is 0 Å². The Morgan fingerprint density at radius 1 is 1.23 bits per heavy atom. The summed E-state index contributed by atoms with van der Waals surface area (Å²) >= 11 is 0. The van der Waals surface area contributed by atoms with Crippen molar-refractivity contribution < 1.29 is 18.7 Å². The van der Waals surface area contributed by atoms with Crippen molar-refractivity contribution in [2.45, 2.75) is 0 Å². The van der Waals surface area contributed by atoms with Gasteiger partial charge in [0.25, 0.3) is 11.8 Å². The van der Waals surface area contributed by atoms with Crippen molar-refractivity contribution in [3.8, 4) is 0 Å². The van der Waals surface area contributed by atoms with Gasteiger partial charge in [0.05, 0.1) is 24.8 Å². The molecular formula is C18H22N4O4. The highest BCUT2D eigenvalue weighted by Gasteiger charge is 2.24. The number of rotatable bonds is 6. The maximum absolute atomic E-state index is 12.3. The van der Waals surface area contributed by atoms with Gasteiger partial charge in [-0.05, 0) is 24.3 Å². The lowest BCUT2D eigenvalue weighted by atomic mass is 10.2. The predicted octanol–water partition coefficient (Wildman–Crippen LogP) is 1.01. The lowest BCUT2D eigenvalue weighted by molar-refractivity contribution is 0.0714. The van der Waals surface area contributed by atoms with Crippen LogP contribution in [-0.4, -0.2) is 68.1 Å². The van der Waals surface area contributed by atoms with Crippen LogP contribution in [0.15, 0.2) is 41.1 Å².